The second kappa shape index (κ2) is 8.51. The molecule has 2 aliphatic rings. The van der Waals surface area contributed by atoms with E-state index < -0.39 is 0 Å². The van der Waals surface area contributed by atoms with Crippen molar-refractivity contribution in [3.63, 3.8) is 0 Å². The minimum absolute atomic E-state index is 0.435. The van der Waals surface area contributed by atoms with E-state index >= 15 is 0 Å². The molecule has 1 aromatic carbocycles. The van der Waals surface area contributed by atoms with Crippen LogP contribution in [0.3, 0.4) is 0 Å². The topological polar surface area (TPSA) is 69.2 Å². The molecule has 1 saturated heterocycles. The largest absolute Gasteiger partial charge is 0.382 e. The maximum absolute atomic E-state index is 5.75. The zero-order chi connectivity index (χ0) is 23.2. The zero-order valence-corrected chi connectivity index (χ0v) is 20.2. The van der Waals surface area contributed by atoms with Crippen molar-refractivity contribution in [1.29, 1.82) is 0 Å². The highest BCUT2D eigenvalue weighted by atomic mass is 32.1. The van der Waals surface area contributed by atoms with Gasteiger partial charge in [-0.15, -0.1) is 17.8 Å². The first kappa shape index (κ1) is 21.3. The lowest BCUT2D eigenvalue weighted by atomic mass is 10.1. The van der Waals surface area contributed by atoms with E-state index in [0.717, 1.165) is 61.7 Å². The fourth-order valence-electron chi connectivity index (χ4n) is 4.70. The molecule has 5 heterocycles. The molecule has 3 aromatic heterocycles. The lowest BCUT2D eigenvalue weighted by molar-refractivity contribution is 0.312. The lowest BCUT2D eigenvalue weighted by Gasteiger charge is -2.33. The molecule has 0 amide bonds. The van der Waals surface area contributed by atoms with Crippen molar-refractivity contribution in [3.8, 4) is 23.9 Å². The molecule has 7 nitrogen and oxygen atoms in total. The number of likely N-dealkylation sites (N-methyl/N-ethyl adjacent to an activating group) is 1. The third-order valence-electron chi connectivity index (χ3n) is 6.71. The van der Waals surface area contributed by atoms with E-state index in [1.165, 1.54) is 20.7 Å². The fourth-order valence-corrected chi connectivity index (χ4v) is 5.85. The molecule has 8 heteroatoms. The van der Waals surface area contributed by atoms with Crippen LogP contribution in [0.4, 0.5) is 11.5 Å². The van der Waals surface area contributed by atoms with E-state index in [2.05, 4.69) is 63.5 Å². The number of anilines is 2. The number of pyridine rings is 1. The van der Waals surface area contributed by atoms with Crippen LogP contribution in [0.1, 0.15) is 17.5 Å². The third kappa shape index (κ3) is 3.76. The van der Waals surface area contributed by atoms with E-state index in [1.54, 1.807) is 0 Å². The van der Waals surface area contributed by atoms with Gasteiger partial charge in [0.05, 0.1) is 11.2 Å². The van der Waals surface area contributed by atoms with E-state index in [0.29, 0.717) is 17.6 Å². The van der Waals surface area contributed by atoms with Crippen molar-refractivity contribution in [1.82, 2.24) is 25.2 Å². The SMILES string of the molecule is C#Cc1cc(N2CCN(C)CC2)nc(-c2ccc3c(ccc4sc5c(c43)NC[C@@H](C)NC5)n2)n1. The number of thiophene rings is 1. The predicted molar refractivity (Wildman–Crippen MR) is 141 cm³/mol. The number of aromatic nitrogens is 3. The molecular weight excluding hydrogens is 442 g/mol. The molecule has 2 N–H and O–H groups in total. The summed E-state index contributed by atoms with van der Waals surface area (Å²) in [7, 11) is 2.14. The molecule has 0 radical (unpaired) electrons. The van der Waals surface area contributed by atoms with Crippen molar-refractivity contribution in [2.24, 2.45) is 0 Å². The molecule has 0 aliphatic carbocycles. The first-order chi connectivity index (χ1) is 16.6. The molecule has 172 valence electrons. The number of nitrogens with zero attached hydrogens (tertiary/aromatic N) is 5. The Morgan fingerprint density at radius 3 is 2.76 bits per heavy atom. The van der Waals surface area contributed by atoms with Crippen molar-refractivity contribution in [2.45, 2.75) is 19.5 Å². The Hall–Kier alpha value is -3.25. The van der Waals surface area contributed by atoms with Gasteiger partial charge in [0.25, 0.3) is 0 Å². The molecule has 4 aromatic rings. The Morgan fingerprint density at radius 2 is 1.94 bits per heavy atom. The summed E-state index contributed by atoms with van der Waals surface area (Å²) in [6, 6.07) is 10.8. The highest BCUT2D eigenvalue weighted by molar-refractivity contribution is 7.20. The van der Waals surface area contributed by atoms with Crippen LogP contribution < -0.4 is 15.5 Å². The van der Waals surface area contributed by atoms with Crippen molar-refractivity contribution >= 4 is 43.8 Å². The van der Waals surface area contributed by atoms with Crippen molar-refractivity contribution in [2.75, 3.05) is 50.0 Å². The molecule has 1 fully saturated rings. The van der Waals surface area contributed by atoms with Gasteiger partial charge >= 0.3 is 0 Å². The second-order valence-electron chi connectivity index (χ2n) is 9.13. The summed E-state index contributed by atoms with van der Waals surface area (Å²) in [6.45, 7) is 7.84. The van der Waals surface area contributed by atoms with Crippen molar-refractivity contribution in [3.05, 3.63) is 40.9 Å². The molecule has 1 atom stereocenters. The molecular formula is C26H27N7S. The average molecular weight is 470 g/mol. The number of terminal acetylenes is 1. The molecule has 2 aliphatic heterocycles. The number of piperazine rings is 1. The van der Waals surface area contributed by atoms with E-state index in [1.807, 2.05) is 23.5 Å². The molecule has 0 unspecified atom stereocenters. The van der Waals surface area contributed by atoms with Gasteiger partial charge in [0.1, 0.15) is 17.2 Å². The van der Waals surface area contributed by atoms with Gasteiger partial charge < -0.3 is 20.4 Å². The minimum atomic E-state index is 0.435. The first-order valence-electron chi connectivity index (χ1n) is 11.7. The summed E-state index contributed by atoms with van der Waals surface area (Å²) in [5.41, 5.74) is 3.50. The summed E-state index contributed by atoms with van der Waals surface area (Å²) in [4.78, 5) is 20.4. The van der Waals surface area contributed by atoms with Gasteiger partial charge in [-0.1, -0.05) is 5.92 Å². The number of hydrogen-bond donors (Lipinski definition) is 2. The quantitative estimate of drug-likeness (QED) is 0.435. The Kier molecular flexibility index (Phi) is 5.33. The van der Waals surface area contributed by atoms with Gasteiger partial charge in [-0.25, -0.2) is 15.0 Å². The smallest absolute Gasteiger partial charge is 0.181 e. The van der Waals surface area contributed by atoms with Gasteiger partial charge in [-0.2, -0.15) is 0 Å². The van der Waals surface area contributed by atoms with Gasteiger partial charge in [-0.3, -0.25) is 0 Å². The lowest BCUT2D eigenvalue weighted by Crippen LogP contribution is -2.44. The third-order valence-corrected chi connectivity index (χ3v) is 7.86. The summed E-state index contributed by atoms with van der Waals surface area (Å²) < 4.78 is 1.28. The normalized spacial score (nSPS) is 19.0. The van der Waals surface area contributed by atoms with Crippen LogP contribution in [-0.4, -0.2) is 65.7 Å². The monoisotopic (exact) mass is 469 g/mol. The zero-order valence-electron chi connectivity index (χ0n) is 19.4. The standard InChI is InChI=1S/C26H27N7S/c1-4-17-13-23(33-11-9-32(3)10-12-33)31-26(29-17)20-6-5-18-19(30-20)7-8-21-24(18)25-22(34-21)15-27-16(2)14-28-25/h1,5-8,13,16,27-28H,9-12,14-15H2,2-3H3/t16-/m1/s1. The Morgan fingerprint density at radius 1 is 1.09 bits per heavy atom. The predicted octanol–water partition coefficient (Wildman–Crippen LogP) is 3.54. The maximum Gasteiger partial charge on any atom is 0.181 e. The molecule has 0 saturated carbocycles. The van der Waals surface area contributed by atoms with Crippen LogP contribution in [-0.2, 0) is 6.54 Å². The number of benzene rings is 1. The van der Waals surface area contributed by atoms with E-state index in [-0.39, 0.29) is 0 Å². The average Bonchev–Trinajstić information content (AvgIpc) is 3.13. The van der Waals surface area contributed by atoms with Crippen LogP contribution in [0.2, 0.25) is 0 Å². The number of hydrogen-bond acceptors (Lipinski definition) is 8. The number of fused-ring (bicyclic) bond motifs is 5. The van der Waals surface area contributed by atoms with E-state index in [4.69, 9.17) is 16.4 Å². The van der Waals surface area contributed by atoms with Crippen molar-refractivity contribution < 1.29 is 0 Å². The summed E-state index contributed by atoms with van der Waals surface area (Å²) in [5.74, 6) is 4.15. The molecule has 6 rings (SSSR count). The van der Waals surface area contributed by atoms with Gasteiger partial charge in [-0.05, 0) is 38.2 Å². The van der Waals surface area contributed by atoms with E-state index in [9.17, 15) is 0 Å². The van der Waals surface area contributed by atoms with Gasteiger partial charge in [0.2, 0.25) is 0 Å². The van der Waals surface area contributed by atoms with Gasteiger partial charge in [0, 0.05) is 71.7 Å². The van der Waals surface area contributed by atoms with Crippen LogP contribution in [0.15, 0.2) is 30.3 Å². The maximum atomic E-state index is 5.75. The Labute approximate surface area is 203 Å². The highest BCUT2D eigenvalue weighted by Crippen LogP contribution is 2.41. The Bertz CT molecular complexity index is 1430. The fraction of sp³-hybridized carbons (Fsp3) is 0.346. The summed E-state index contributed by atoms with van der Waals surface area (Å²) >= 11 is 1.84. The van der Waals surface area contributed by atoms with Gasteiger partial charge in [0.15, 0.2) is 5.82 Å². The summed E-state index contributed by atoms with van der Waals surface area (Å²) in [5, 5.41) is 9.64. The summed E-state index contributed by atoms with van der Waals surface area (Å²) in [6.07, 6.45) is 5.75. The number of nitrogens with one attached hydrogen (secondary N) is 2. The van der Waals surface area contributed by atoms with Crippen LogP contribution >= 0.6 is 11.3 Å². The number of rotatable bonds is 2. The van der Waals surface area contributed by atoms with Crippen LogP contribution in [0, 0.1) is 12.3 Å². The molecule has 0 spiro atoms. The first-order valence-corrected chi connectivity index (χ1v) is 12.5. The minimum Gasteiger partial charge on any atom is -0.382 e. The Balaban J connectivity index is 1.43. The molecule has 0 bridgehead atoms. The molecule has 34 heavy (non-hydrogen) atoms. The van der Waals surface area contributed by atoms with Crippen LogP contribution in [0.25, 0.3) is 32.5 Å². The second-order valence-corrected chi connectivity index (χ2v) is 10.3. The van der Waals surface area contributed by atoms with Crippen LogP contribution in [0.5, 0.6) is 0 Å². The highest BCUT2D eigenvalue weighted by Gasteiger charge is 2.21.